The van der Waals surface area contributed by atoms with Gasteiger partial charge in [-0.1, -0.05) is 0 Å². The molecule has 0 spiro atoms. The van der Waals surface area contributed by atoms with E-state index in [9.17, 15) is 14.4 Å². The van der Waals surface area contributed by atoms with Crippen molar-refractivity contribution in [3.8, 4) is 0 Å². The van der Waals surface area contributed by atoms with E-state index in [1.165, 1.54) is 0 Å². The Kier molecular flexibility index (Phi) is 3.65. The Morgan fingerprint density at radius 1 is 1.31 bits per heavy atom. The van der Waals surface area contributed by atoms with Gasteiger partial charge in [0.1, 0.15) is 6.04 Å². The average Bonchev–Trinajstić information content (AvgIpc) is 2.65. The zero-order chi connectivity index (χ0) is 12.3. The standard InChI is InChI=1S/C10H13NO5/c1-6(5-8(12)10(15)16)11-4-2-3-7(11)9(13)14/h5,7H,2-4H2,1H3,(H,13,14)(H,15,16)/b6-5+/t7-/m0/s1. The minimum atomic E-state index is -1.54. The Morgan fingerprint density at radius 3 is 2.44 bits per heavy atom. The van der Waals surface area contributed by atoms with Crippen LogP contribution < -0.4 is 0 Å². The lowest BCUT2D eigenvalue weighted by Crippen LogP contribution is -2.35. The van der Waals surface area contributed by atoms with Crippen molar-refractivity contribution in [3.05, 3.63) is 11.8 Å². The Bertz CT molecular complexity index is 360. The predicted octanol–water partition coefficient (Wildman–Crippen LogP) is 0.0929. The summed E-state index contributed by atoms with van der Waals surface area (Å²) in [7, 11) is 0. The second kappa shape index (κ2) is 4.78. The second-order valence-electron chi connectivity index (χ2n) is 3.64. The number of likely N-dealkylation sites (tertiary alicyclic amines) is 1. The molecule has 1 heterocycles. The molecule has 0 amide bonds. The number of hydrogen-bond donors (Lipinski definition) is 2. The van der Waals surface area contributed by atoms with Crippen LogP contribution in [0.2, 0.25) is 0 Å². The summed E-state index contributed by atoms with van der Waals surface area (Å²) in [5, 5.41) is 17.3. The number of carbonyl (C=O) groups excluding carboxylic acids is 1. The quantitative estimate of drug-likeness (QED) is 0.522. The largest absolute Gasteiger partial charge is 0.480 e. The van der Waals surface area contributed by atoms with E-state index in [4.69, 9.17) is 10.2 Å². The predicted molar refractivity (Wildman–Crippen MR) is 53.8 cm³/mol. The van der Waals surface area contributed by atoms with Crippen molar-refractivity contribution < 1.29 is 24.6 Å². The van der Waals surface area contributed by atoms with Crippen molar-refractivity contribution in [3.63, 3.8) is 0 Å². The normalized spacial score (nSPS) is 20.9. The van der Waals surface area contributed by atoms with Crippen LogP contribution >= 0.6 is 0 Å². The zero-order valence-electron chi connectivity index (χ0n) is 8.84. The summed E-state index contributed by atoms with van der Waals surface area (Å²) in [5.41, 5.74) is 0.386. The molecule has 0 saturated carbocycles. The molecule has 0 aliphatic carbocycles. The highest BCUT2D eigenvalue weighted by atomic mass is 16.4. The van der Waals surface area contributed by atoms with E-state index in [1.54, 1.807) is 11.8 Å². The van der Waals surface area contributed by atoms with Gasteiger partial charge in [0.2, 0.25) is 0 Å². The number of carbonyl (C=O) groups is 3. The molecule has 6 nitrogen and oxygen atoms in total. The van der Waals surface area contributed by atoms with Crippen LogP contribution in [0.3, 0.4) is 0 Å². The smallest absolute Gasteiger partial charge is 0.376 e. The first-order chi connectivity index (χ1) is 7.43. The fourth-order valence-corrected chi connectivity index (χ4v) is 1.78. The van der Waals surface area contributed by atoms with Gasteiger partial charge in [-0.25, -0.2) is 9.59 Å². The second-order valence-corrected chi connectivity index (χ2v) is 3.64. The molecule has 6 heteroatoms. The molecular weight excluding hydrogens is 214 g/mol. The molecular formula is C10H13NO5. The van der Waals surface area contributed by atoms with Crippen LogP contribution in [0.25, 0.3) is 0 Å². The number of carboxylic acids is 2. The van der Waals surface area contributed by atoms with E-state index < -0.39 is 23.8 Å². The molecule has 88 valence electrons. The molecule has 16 heavy (non-hydrogen) atoms. The molecule has 1 saturated heterocycles. The van der Waals surface area contributed by atoms with Crippen LogP contribution in [0.4, 0.5) is 0 Å². The number of aliphatic carboxylic acids is 2. The van der Waals surface area contributed by atoms with Gasteiger partial charge in [-0.05, 0) is 19.8 Å². The Morgan fingerprint density at radius 2 is 1.94 bits per heavy atom. The fraction of sp³-hybridized carbons (Fsp3) is 0.500. The van der Waals surface area contributed by atoms with Crippen LogP contribution in [0, 0.1) is 0 Å². The molecule has 0 aromatic carbocycles. The van der Waals surface area contributed by atoms with E-state index in [0.29, 0.717) is 18.7 Å². The van der Waals surface area contributed by atoms with Crippen LogP contribution in [0.5, 0.6) is 0 Å². The molecule has 1 aliphatic heterocycles. The minimum absolute atomic E-state index is 0.386. The van der Waals surface area contributed by atoms with E-state index in [0.717, 1.165) is 12.5 Å². The van der Waals surface area contributed by atoms with Crippen molar-refractivity contribution in [2.45, 2.75) is 25.8 Å². The fourth-order valence-electron chi connectivity index (χ4n) is 1.78. The molecule has 1 fully saturated rings. The molecule has 0 unspecified atom stereocenters. The number of ketones is 1. The third kappa shape index (κ3) is 2.59. The van der Waals surface area contributed by atoms with Crippen molar-refractivity contribution in [1.29, 1.82) is 0 Å². The van der Waals surface area contributed by atoms with Crippen LogP contribution in [0.15, 0.2) is 11.8 Å². The number of nitrogens with zero attached hydrogens (tertiary/aromatic N) is 1. The summed E-state index contributed by atoms with van der Waals surface area (Å²) in [5.74, 6) is -3.52. The van der Waals surface area contributed by atoms with Gasteiger partial charge in [-0.3, -0.25) is 4.79 Å². The molecule has 0 aromatic rings. The molecule has 1 atom stereocenters. The van der Waals surface area contributed by atoms with Gasteiger partial charge in [0.15, 0.2) is 0 Å². The lowest BCUT2D eigenvalue weighted by Gasteiger charge is -2.23. The summed E-state index contributed by atoms with van der Waals surface area (Å²) >= 11 is 0. The zero-order valence-corrected chi connectivity index (χ0v) is 8.84. The Hall–Kier alpha value is -1.85. The summed E-state index contributed by atoms with van der Waals surface area (Å²) < 4.78 is 0. The van der Waals surface area contributed by atoms with Gasteiger partial charge < -0.3 is 15.1 Å². The SMILES string of the molecule is C/C(=C\C(=O)C(=O)O)N1CCC[C@H]1C(=O)O. The Balaban J connectivity index is 2.80. The molecule has 0 radical (unpaired) electrons. The van der Waals surface area contributed by atoms with Gasteiger partial charge >= 0.3 is 11.9 Å². The maximum absolute atomic E-state index is 10.9. The highest BCUT2D eigenvalue weighted by Crippen LogP contribution is 2.22. The highest BCUT2D eigenvalue weighted by Gasteiger charge is 2.30. The van der Waals surface area contributed by atoms with Gasteiger partial charge in [0.05, 0.1) is 0 Å². The van der Waals surface area contributed by atoms with E-state index in [1.807, 2.05) is 0 Å². The van der Waals surface area contributed by atoms with Gasteiger partial charge in [-0.15, -0.1) is 0 Å². The molecule has 2 N–H and O–H groups in total. The number of rotatable bonds is 4. The van der Waals surface area contributed by atoms with Crippen molar-refractivity contribution in [1.82, 2.24) is 4.90 Å². The summed E-state index contributed by atoms with van der Waals surface area (Å²) in [6.07, 6.45) is 2.20. The van der Waals surface area contributed by atoms with Crippen LogP contribution in [-0.2, 0) is 14.4 Å². The van der Waals surface area contributed by atoms with E-state index in [2.05, 4.69) is 0 Å². The van der Waals surface area contributed by atoms with Gasteiger partial charge in [0.25, 0.3) is 5.78 Å². The lowest BCUT2D eigenvalue weighted by atomic mass is 10.2. The Labute approximate surface area is 92.2 Å². The van der Waals surface area contributed by atoms with Gasteiger partial charge in [0, 0.05) is 18.3 Å². The first-order valence-electron chi connectivity index (χ1n) is 4.88. The highest BCUT2D eigenvalue weighted by molar-refractivity contribution is 6.37. The summed E-state index contributed by atoms with van der Waals surface area (Å²) in [6, 6.07) is -0.655. The van der Waals surface area contributed by atoms with Crippen molar-refractivity contribution >= 4 is 17.7 Å². The minimum Gasteiger partial charge on any atom is -0.480 e. The van der Waals surface area contributed by atoms with Gasteiger partial charge in [-0.2, -0.15) is 0 Å². The first-order valence-corrected chi connectivity index (χ1v) is 4.88. The topological polar surface area (TPSA) is 94.9 Å². The van der Waals surface area contributed by atoms with Crippen LogP contribution in [0.1, 0.15) is 19.8 Å². The summed E-state index contributed by atoms with van der Waals surface area (Å²) in [6.45, 7) is 2.08. The first kappa shape index (κ1) is 12.2. The van der Waals surface area contributed by atoms with E-state index >= 15 is 0 Å². The van der Waals surface area contributed by atoms with Crippen LogP contribution in [-0.4, -0.2) is 45.4 Å². The molecule has 1 rings (SSSR count). The average molecular weight is 227 g/mol. The monoisotopic (exact) mass is 227 g/mol. The van der Waals surface area contributed by atoms with E-state index in [-0.39, 0.29) is 0 Å². The lowest BCUT2D eigenvalue weighted by molar-refractivity contribution is -0.146. The third-order valence-electron chi connectivity index (χ3n) is 2.54. The molecule has 0 aromatic heterocycles. The maximum atomic E-state index is 10.9. The maximum Gasteiger partial charge on any atom is 0.376 e. The third-order valence-corrected chi connectivity index (χ3v) is 2.54. The number of hydrogen-bond acceptors (Lipinski definition) is 4. The number of allylic oxidation sites excluding steroid dienone is 1. The number of carboxylic acid groups (broad SMARTS) is 2. The molecule has 1 aliphatic rings. The van der Waals surface area contributed by atoms with Crippen molar-refractivity contribution in [2.24, 2.45) is 0 Å². The summed E-state index contributed by atoms with van der Waals surface area (Å²) in [4.78, 5) is 33.7. The molecule has 0 bridgehead atoms. The van der Waals surface area contributed by atoms with Crippen molar-refractivity contribution in [2.75, 3.05) is 6.54 Å².